The van der Waals surface area contributed by atoms with Crippen LogP contribution in [0.1, 0.15) is 37.5 Å². The Morgan fingerprint density at radius 3 is 1.79 bits per heavy atom. The molecule has 0 bridgehead atoms. The van der Waals surface area contributed by atoms with E-state index >= 15 is 0 Å². The Morgan fingerprint density at radius 1 is 0.706 bits per heavy atom. The molecule has 0 radical (unpaired) electrons. The van der Waals surface area contributed by atoms with Crippen molar-refractivity contribution in [2.75, 3.05) is 10.2 Å². The fourth-order valence-electron chi connectivity index (χ4n) is 3.75. The maximum absolute atomic E-state index is 13.4. The van der Waals surface area contributed by atoms with Crippen molar-refractivity contribution in [3.05, 3.63) is 101 Å². The van der Waals surface area contributed by atoms with E-state index in [4.69, 9.17) is 0 Å². The van der Waals surface area contributed by atoms with Gasteiger partial charge in [-0.1, -0.05) is 63.2 Å². The summed E-state index contributed by atoms with van der Waals surface area (Å²) in [7, 11) is 0. The molecular formula is C27H23F3N2O2. The van der Waals surface area contributed by atoms with Crippen molar-refractivity contribution >= 4 is 28.8 Å². The first-order valence-corrected chi connectivity index (χ1v) is 10.7. The van der Waals surface area contributed by atoms with Crippen LogP contribution in [0.2, 0.25) is 0 Å². The lowest BCUT2D eigenvalue weighted by molar-refractivity contribution is -0.137. The number of carbonyl (C=O) groups excluding carboxylic acids is 2. The van der Waals surface area contributed by atoms with Crippen LogP contribution in [0.4, 0.5) is 24.5 Å². The van der Waals surface area contributed by atoms with E-state index in [-0.39, 0.29) is 22.4 Å². The second-order valence-electron chi connectivity index (χ2n) is 9.06. The number of imide groups is 1. The normalized spacial score (nSPS) is 14.7. The van der Waals surface area contributed by atoms with Gasteiger partial charge in [0.15, 0.2) is 0 Å². The number of nitrogens with one attached hydrogen (secondary N) is 1. The Labute approximate surface area is 195 Å². The van der Waals surface area contributed by atoms with Gasteiger partial charge >= 0.3 is 6.18 Å². The highest BCUT2D eigenvalue weighted by Gasteiger charge is 2.40. The van der Waals surface area contributed by atoms with Crippen LogP contribution in [0.5, 0.6) is 0 Å². The lowest BCUT2D eigenvalue weighted by Crippen LogP contribution is -2.32. The van der Waals surface area contributed by atoms with Gasteiger partial charge in [0.2, 0.25) is 0 Å². The minimum atomic E-state index is -4.52. The third-order valence-electron chi connectivity index (χ3n) is 5.62. The van der Waals surface area contributed by atoms with Crippen molar-refractivity contribution < 1.29 is 22.8 Å². The molecule has 2 amide bonds. The van der Waals surface area contributed by atoms with Gasteiger partial charge in [-0.3, -0.25) is 9.59 Å². The number of benzene rings is 3. The van der Waals surface area contributed by atoms with Crippen LogP contribution in [0.15, 0.2) is 84.6 Å². The number of halogens is 3. The fraction of sp³-hybridized carbons (Fsp3) is 0.185. The summed E-state index contributed by atoms with van der Waals surface area (Å²) in [6.45, 7) is 6.27. The molecule has 0 aromatic heterocycles. The Hall–Kier alpha value is -3.87. The van der Waals surface area contributed by atoms with Crippen LogP contribution in [0.25, 0.3) is 5.57 Å². The maximum atomic E-state index is 13.4. The first-order chi connectivity index (χ1) is 16.0. The van der Waals surface area contributed by atoms with Crippen molar-refractivity contribution in [3.8, 4) is 0 Å². The zero-order valence-electron chi connectivity index (χ0n) is 18.9. The summed E-state index contributed by atoms with van der Waals surface area (Å²) in [5, 5.41) is 3.07. The van der Waals surface area contributed by atoms with E-state index in [1.165, 1.54) is 0 Å². The van der Waals surface area contributed by atoms with Gasteiger partial charge in [0.1, 0.15) is 5.70 Å². The summed E-state index contributed by atoms with van der Waals surface area (Å²) in [6, 6.07) is 20.2. The monoisotopic (exact) mass is 464 g/mol. The summed E-state index contributed by atoms with van der Waals surface area (Å²) in [5.41, 5.74) is 1.64. The quantitative estimate of drug-likeness (QED) is 0.455. The molecule has 34 heavy (non-hydrogen) atoms. The first-order valence-electron chi connectivity index (χ1n) is 10.7. The van der Waals surface area contributed by atoms with Gasteiger partial charge in [-0.25, -0.2) is 4.90 Å². The summed E-state index contributed by atoms with van der Waals surface area (Å²) < 4.78 is 38.9. The smallest absolute Gasteiger partial charge is 0.350 e. The summed E-state index contributed by atoms with van der Waals surface area (Å²) in [5.74, 6) is -1.24. The van der Waals surface area contributed by atoms with E-state index in [0.717, 1.165) is 34.7 Å². The molecule has 0 saturated heterocycles. The molecule has 0 spiro atoms. The van der Waals surface area contributed by atoms with Gasteiger partial charge in [-0.2, -0.15) is 13.2 Å². The van der Waals surface area contributed by atoms with Gasteiger partial charge in [0.05, 0.1) is 16.8 Å². The van der Waals surface area contributed by atoms with Crippen LogP contribution in [0.3, 0.4) is 0 Å². The van der Waals surface area contributed by atoms with Gasteiger partial charge in [0, 0.05) is 5.69 Å². The molecule has 4 nitrogen and oxygen atoms in total. The topological polar surface area (TPSA) is 49.4 Å². The number of carbonyl (C=O) groups is 2. The van der Waals surface area contributed by atoms with Gasteiger partial charge in [-0.15, -0.1) is 0 Å². The van der Waals surface area contributed by atoms with Crippen LogP contribution in [-0.2, 0) is 21.2 Å². The molecule has 0 unspecified atom stereocenters. The van der Waals surface area contributed by atoms with Crippen molar-refractivity contribution in [1.82, 2.24) is 0 Å². The van der Waals surface area contributed by atoms with Crippen LogP contribution < -0.4 is 10.2 Å². The number of anilines is 2. The van der Waals surface area contributed by atoms with E-state index < -0.39 is 23.6 Å². The highest BCUT2D eigenvalue weighted by Crippen LogP contribution is 2.36. The molecule has 1 N–H and O–H groups in total. The standard InChI is InChI=1S/C27H23F3N2O2/c1-26(2,3)18-9-13-20(14-10-18)31-23-22(17-7-5-4-6-8-17)24(33)32(25(23)34)21-15-11-19(12-16-21)27(28,29)30/h4-16,31H,1-3H3. The summed E-state index contributed by atoms with van der Waals surface area (Å²) >= 11 is 0. The molecule has 1 aliphatic rings. The largest absolute Gasteiger partial charge is 0.416 e. The summed E-state index contributed by atoms with van der Waals surface area (Å²) in [4.78, 5) is 27.6. The van der Waals surface area contributed by atoms with Gasteiger partial charge in [0.25, 0.3) is 11.8 Å². The zero-order valence-corrected chi connectivity index (χ0v) is 18.9. The molecule has 0 atom stereocenters. The second-order valence-corrected chi connectivity index (χ2v) is 9.06. The predicted molar refractivity (Wildman–Crippen MR) is 126 cm³/mol. The van der Waals surface area contributed by atoms with Crippen LogP contribution in [0, 0.1) is 0 Å². The highest BCUT2D eigenvalue weighted by atomic mass is 19.4. The van der Waals surface area contributed by atoms with Crippen molar-refractivity contribution in [2.24, 2.45) is 0 Å². The number of hydrogen-bond acceptors (Lipinski definition) is 3. The molecule has 4 rings (SSSR count). The second kappa shape index (κ2) is 8.48. The molecule has 1 heterocycles. The molecule has 3 aromatic carbocycles. The molecule has 0 aliphatic carbocycles. The predicted octanol–water partition coefficient (Wildman–Crippen LogP) is 6.40. The van der Waals surface area contributed by atoms with Gasteiger partial charge in [-0.05, 0) is 52.9 Å². The zero-order chi connectivity index (χ0) is 24.7. The summed E-state index contributed by atoms with van der Waals surface area (Å²) in [6.07, 6.45) is -4.52. The molecule has 3 aromatic rings. The third kappa shape index (κ3) is 4.46. The Bertz CT molecular complexity index is 1250. The molecule has 0 fully saturated rings. The number of rotatable bonds is 4. The van der Waals surface area contributed by atoms with E-state index in [2.05, 4.69) is 26.1 Å². The molecular weight excluding hydrogens is 441 g/mol. The van der Waals surface area contributed by atoms with E-state index in [1.54, 1.807) is 30.3 Å². The lowest BCUT2D eigenvalue weighted by Gasteiger charge is -2.19. The third-order valence-corrected chi connectivity index (χ3v) is 5.62. The molecule has 1 aliphatic heterocycles. The number of nitrogens with zero attached hydrogens (tertiary/aromatic N) is 1. The maximum Gasteiger partial charge on any atom is 0.416 e. The molecule has 174 valence electrons. The average molecular weight is 464 g/mol. The highest BCUT2D eigenvalue weighted by molar-refractivity contribution is 6.46. The van der Waals surface area contributed by atoms with E-state index in [1.807, 2.05) is 24.3 Å². The Morgan fingerprint density at radius 2 is 1.26 bits per heavy atom. The number of amides is 2. The van der Waals surface area contributed by atoms with Gasteiger partial charge < -0.3 is 5.32 Å². The van der Waals surface area contributed by atoms with Crippen LogP contribution >= 0.6 is 0 Å². The fourth-order valence-corrected chi connectivity index (χ4v) is 3.75. The number of hydrogen-bond donors (Lipinski definition) is 1. The van der Waals surface area contributed by atoms with E-state index in [9.17, 15) is 22.8 Å². The molecule has 0 saturated carbocycles. The SMILES string of the molecule is CC(C)(C)c1ccc(NC2=C(c3ccccc3)C(=O)N(c3ccc(C(F)(F)F)cc3)C2=O)cc1. The molecule has 7 heteroatoms. The van der Waals surface area contributed by atoms with Crippen molar-refractivity contribution in [2.45, 2.75) is 32.4 Å². The van der Waals surface area contributed by atoms with E-state index in [0.29, 0.717) is 11.3 Å². The lowest BCUT2D eigenvalue weighted by atomic mass is 9.87. The minimum absolute atomic E-state index is 0.0501. The van der Waals surface area contributed by atoms with Crippen molar-refractivity contribution in [1.29, 1.82) is 0 Å². The number of alkyl halides is 3. The average Bonchev–Trinajstić information content (AvgIpc) is 3.03. The van der Waals surface area contributed by atoms with Crippen LogP contribution in [-0.4, -0.2) is 11.8 Å². The minimum Gasteiger partial charge on any atom is -0.350 e. The first kappa shape index (κ1) is 23.3. The Balaban J connectivity index is 1.73. The Kier molecular flexibility index (Phi) is 5.81. The van der Waals surface area contributed by atoms with Crippen molar-refractivity contribution in [3.63, 3.8) is 0 Å².